The summed E-state index contributed by atoms with van der Waals surface area (Å²) in [7, 11) is 0. The van der Waals surface area contributed by atoms with E-state index in [2.05, 4.69) is 22.6 Å². The molecule has 12 nitrogen and oxygen atoms in total. The van der Waals surface area contributed by atoms with Crippen LogP contribution in [0.5, 0.6) is 0 Å². The van der Waals surface area contributed by atoms with E-state index in [9.17, 15) is 39.3 Å². The molecule has 0 aliphatic carbocycles. The van der Waals surface area contributed by atoms with Crippen LogP contribution in [0, 0.1) is 0 Å². The monoisotopic (exact) mass is 452 g/mol. The summed E-state index contributed by atoms with van der Waals surface area (Å²) in [5.41, 5.74) is -2.36. The van der Waals surface area contributed by atoms with Gasteiger partial charge in [0.25, 0.3) is 0 Å². The molecule has 32 heavy (non-hydrogen) atoms. The molecular formula is C20H20O12. The number of hydrogen-bond acceptors (Lipinski definition) is 11. The first-order chi connectivity index (χ1) is 15.1. The van der Waals surface area contributed by atoms with Crippen molar-refractivity contribution >= 4 is 29.8 Å². The number of carbonyl (C=O) groups is 5. The van der Waals surface area contributed by atoms with Gasteiger partial charge in [-0.25, -0.2) is 24.0 Å². The van der Waals surface area contributed by atoms with Crippen molar-refractivity contribution < 1.29 is 58.2 Å². The molecule has 0 saturated heterocycles. The van der Waals surface area contributed by atoms with Crippen molar-refractivity contribution in [1.29, 1.82) is 0 Å². The topological polar surface area (TPSA) is 183 Å². The highest BCUT2D eigenvalue weighted by molar-refractivity contribution is 6.05. The molecule has 0 aliphatic heterocycles. The van der Waals surface area contributed by atoms with Crippen LogP contribution in [0.1, 0.15) is 42.9 Å². The van der Waals surface area contributed by atoms with Crippen LogP contribution >= 0.6 is 0 Å². The van der Waals surface area contributed by atoms with Crippen LogP contribution in [0.3, 0.4) is 0 Å². The third-order valence-electron chi connectivity index (χ3n) is 3.59. The van der Waals surface area contributed by atoms with E-state index in [-0.39, 0.29) is 13.2 Å². The summed E-state index contributed by atoms with van der Waals surface area (Å²) in [5.74, 6) is -5.50. The molecule has 1 aromatic carbocycles. The van der Waals surface area contributed by atoms with Crippen molar-refractivity contribution in [3.63, 3.8) is 0 Å². The zero-order valence-electron chi connectivity index (χ0n) is 16.6. The van der Waals surface area contributed by atoms with Crippen molar-refractivity contribution in [1.82, 2.24) is 0 Å². The van der Waals surface area contributed by atoms with Gasteiger partial charge in [-0.2, -0.15) is 0 Å². The van der Waals surface area contributed by atoms with Crippen molar-refractivity contribution in [3.8, 4) is 0 Å². The predicted octanol–water partition coefficient (Wildman–Crippen LogP) is 0.140. The lowest BCUT2D eigenvalue weighted by molar-refractivity contribution is -0.139. The summed E-state index contributed by atoms with van der Waals surface area (Å²) in [4.78, 5) is 58.0. The summed E-state index contributed by atoms with van der Waals surface area (Å²) in [6.45, 7) is 4.84. The number of hydrogen-bond donors (Lipinski definition) is 3. The van der Waals surface area contributed by atoms with Crippen LogP contribution < -0.4 is 0 Å². The van der Waals surface area contributed by atoms with Gasteiger partial charge in [0.1, 0.15) is 26.4 Å². The Morgan fingerprint density at radius 2 is 1.19 bits per heavy atom. The zero-order valence-corrected chi connectivity index (χ0v) is 16.6. The first-order valence-electron chi connectivity index (χ1n) is 8.82. The van der Waals surface area contributed by atoms with E-state index >= 15 is 0 Å². The van der Waals surface area contributed by atoms with Crippen molar-refractivity contribution in [2.45, 2.75) is 6.29 Å². The fourth-order valence-corrected chi connectivity index (χ4v) is 2.18. The van der Waals surface area contributed by atoms with E-state index in [0.717, 1.165) is 18.2 Å². The summed E-state index contributed by atoms with van der Waals surface area (Å²) < 4.78 is 18.9. The van der Waals surface area contributed by atoms with E-state index in [1.54, 1.807) is 0 Å². The molecule has 0 atom stereocenters. The Morgan fingerprint density at radius 3 is 1.59 bits per heavy atom. The van der Waals surface area contributed by atoms with Gasteiger partial charge in [-0.3, -0.25) is 0 Å². The Bertz CT molecular complexity index is 915. The molecule has 0 saturated carbocycles. The van der Waals surface area contributed by atoms with E-state index in [1.165, 1.54) is 0 Å². The summed E-state index contributed by atoms with van der Waals surface area (Å²) in [6.07, 6.45) is -0.498. The Morgan fingerprint density at radius 1 is 0.750 bits per heavy atom. The maximum Gasteiger partial charge on any atom is 0.339 e. The summed E-state index contributed by atoms with van der Waals surface area (Å²) >= 11 is 0. The second-order valence-electron chi connectivity index (χ2n) is 5.68. The Hall–Kier alpha value is -4.03. The first kappa shape index (κ1) is 26.0. The van der Waals surface area contributed by atoms with Gasteiger partial charge in [0.05, 0.1) is 16.7 Å². The van der Waals surface area contributed by atoms with Crippen LogP contribution in [0.2, 0.25) is 0 Å². The molecule has 3 N–H and O–H groups in total. The smallest absolute Gasteiger partial charge is 0.339 e. The molecule has 0 bridgehead atoms. The molecule has 0 unspecified atom stereocenters. The highest BCUT2D eigenvalue weighted by Gasteiger charge is 2.26. The summed E-state index contributed by atoms with van der Waals surface area (Å²) in [5, 5.41) is 28.5. The van der Waals surface area contributed by atoms with Crippen LogP contribution in [-0.2, 0) is 28.5 Å². The molecule has 0 amide bonds. The molecule has 172 valence electrons. The zero-order chi connectivity index (χ0) is 24.3. The van der Waals surface area contributed by atoms with Crippen molar-refractivity contribution in [3.05, 3.63) is 59.7 Å². The Balaban J connectivity index is 3.06. The number of carboxylic acids is 1. The minimum atomic E-state index is -2.28. The first-order valence-corrected chi connectivity index (χ1v) is 8.82. The molecule has 12 heteroatoms. The third-order valence-corrected chi connectivity index (χ3v) is 3.59. The number of benzene rings is 1. The molecule has 1 aromatic rings. The maximum atomic E-state index is 12.3. The molecule has 0 radical (unpaired) electrons. The average Bonchev–Trinajstić information content (AvgIpc) is 2.77. The van der Waals surface area contributed by atoms with Crippen LogP contribution in [0.15, 0.2) is 37.4 Å². The van der Waals surface area contributed by atoms with Gasteiger partial charge in [0.15, 0.2) is 6.29 Å². The number of carbonyl (C=O) groups excluding carboxylic acids is 4. The number of esters is 4. The molecule has 1 rings (SSSR count). The summed E-state index contributed by atoms with van der Waals surface area (Å²) in [6, 6.07) is 1.46. The van der Waals surface area contributed by atoms with Crippen molar-refractivity contribution in [2.75, 3.05) is 26.4 Å². The standard InChI is InChI=1S/C20H20O12/c1-3-15(21)29-5-7-31-19(27)13-9-12(18(25)26)14(10-11(13)17(23)24)20(28)32-8-6-30-16(22)4-2/h3-4,9-10,17,23-24H,1-2,5-8H2,(H,25,26). The number of carboxylic acid groups (broad SMARTS) is 1. The second-order valence-corrected chi connectivity index (χ2v) is 5.68. The molecule has 0 aliphatic rings. The largest absolute Gasteiger partial charge is 0.478 e. The number of rotatable bonds is 12. The van der Waals surface area contributed by atoms with Gasteiger partial charge >= 0.3 is 29.8 Å². The quantitative estimate of drug-likeness (QED) is 0.128. The fraction of sp³-hybridized carbons (Fsp3) is 0.250. The van der Waals surface area contributed by atoms with Gasteiger partial charge in [-0.15, -0.1) is 0 Å². The number of aliphatic hydroxyl groups is 2. The normalized spacial score (nSPS) is 10.1. The lowest BCUT2D eigenvalue weighted by atomic mass is 9.97. The van der Waals surface area contributed by atoms with Gasteiger partial charge in [0.2, 0.25) is 0 Å². The average molecular weight is 452 g/mol. The number of aromatic carboxylic acids is 1. The fourth-order valence-electron chi connectivity index (χ4n) is 2.18. The van der Waals surface area contributed by atoms with E-state index < -0.39 is 71.6 Å². The Kier molecular flexibility index (Phi) is 10.3. The SMILES string of the molecule is C=CC(=O)OCCOC(=O)c1cc(C(O)O)c(C(=O)OCCOC(=O)C=C)cc1C(=O)O. The predicted molar refractivity (Wildman–Crippen MR) is 103 cm³/mol. The lowest BCUT2D eigenvalue weighted by Crippen LogP contribution is -2.20. The van der Waals surface area contributed by atoms with Gasteiger partial charge in [-0.05, 0) is 12.1 Å². The number of ether oxygens (including phenoxy) is 4. The van der Waals surface area contributed by atoms with Gasteiger partial charge < -0.3 is 34.3 Å². The molecular weight excluding hydrogens is 432 g/mol. The van der Waals surface area contributed by atoms with Gasteiger partial charge in [0, 0.05) is 17.7 Å². The minimum absolute atomic E-state index is 0.333. The van der Waals surface area contributed by atoms with Crippen LogP contribution in [0.25, 0.3) is 0 Å². The van der Waals surface area contributed by atoms with Crippen LogP contribution in [0.4, 0.5) is 0 Å². The minimum Gasteiger partial charge on any atom is -0.478 e. The molecule has 0 spiro atoms. The van der Waals surface area contributed by atoms with E-state index in [4.69, 9.17) is 9.47 Å². The maximum absolute atomic E-state index is 12.3. The molecule has 0 fully saturated rings. The van der Waals surface area contributed by atoms with E-state index in [1.807, 2.05) is 0 Å². The molecule has 0 aromatic heterocycles. The number of aliphatic hydroxyl groups excluding tert-OH is 1. The van der Waals surface area contributed by atoms with E-state index in [0.29, 0.717) is 6.07 Å². The lowest BCUT2D eigenvalue weighted by Gasteiger charge is -2.15. The highest BCUT2D eigenvalue weighted by Crippen LogP contribution is 2.24. The van der Waals surface area contributed by atoms with Gasteiger partial charge in [-0.1, -0.05) is 13.2 Å². The highest BCUT2D eigenvalue weighted by atomic mass is 16.6. The third kappa shape index (κ3) is 7.66. The Labute approximate surface area is 181 Å². The van der Waals surface area contributed by atoms with Crippen molar-refractivity contribution in [2.24, 2.45) is 0 Å². The molecule has 0 heterocycles. The van der Waals surface area contributed by atoms with Crippen LogP contribution in [-0.4, -0.2) is 71.6 Å². The second kappa shape index (κ2) is 12.6.